The second kappa shape index (κ2) is 3.82. The van der Waals surface area contributed by atoms with Crippen molar-refractivity contribution in [3.8, 4) is 12.3 Å². The predicted molar refractivity (Wildman–Crippen MR) is 45.1 cm³/mol. The zero-order valence-electron chi connectivity index (χ0n) is 6.75. The standard InChI is InChI=1S/C9H12N2/c1-3-5-6-11-8-9(4-2)7-10-11/h2,7-8H,3,5-6H2,1H3. The van der Waals surface area contributed by atoms with E-state index in [4.69, 9.17) is 6.42 Å². The smallest absolute Gasteiger partial charge is 0.0646 e. The largest absolute Gasteiger partial charge is 0.271 e. The summed E-state index contributed by atoms with van der Waals surface area (Å²) in [5.74, 6) is 2.54. The highest BCUT2D eigenvalue weighted by Crippen LogP contribution is 1.97. The van der Waals surface area contributed by atoms with Crippen LogP contribution in [0.4, 0.5) is 0 Å². The molecular weight excluding hydrogens is 136 g/mol. The number of hydrogen-bond donors (Lipinski definition) is 0. The summed E-state index contributed by atoms with van der Waals surface area (Å²) in [5, 5.41) is 4.10. The fraction of sp³-hybridized carbons (Fsp3) is 0.444. The Labute approximate surface area is 67.2 Å². The van der Waals surface area contributed by atoms with Gasteiger partial charge in [0.05, 0.1) is 11.8 Å². The fourth-order valence-electron chi connectivity index (χ4n) is 0.881. The normalized spacial score (nSPS) is 9.45. The van der Waals surface area contributed by atoms with Gasteiger partial charge in [-0.2, -0.15) is 5.10 Å². The van der Waals surface area contributed by atoms with E-state index in [0.717, 1.165) is 18.5 Å². The molecule has 2 heteroatoms. The fourth-order valence-corrected chi connectivity index (χ4v) is 0.881. The van der Waals surface area contributed by atoms with E-state index in [-0.39, 0.29) is 0 Å². The van der Waals surface area contributed by atoms with Crippen molar-refractivity contribution < 1.29 is 0 Å². The zero-order valence-corrected chi connectivity index (χ0v) is 6.75. The molecule has 0 aliphatic carbocycles. The van der Waals surface area contributed by atoms with Crippen molar-refractivity contribution in [1.29, 1.82) is 0 Å². The van der Waals surface area contributed by atoms with E-state index in [2.05, 4.69) is 17.9 Å². The van der Waals surface area contributed by atoms with E-state index in [9.17, 15) is 0 Å². The van der Waals surface area contributed by atoms with Gasteiger partial charge in [-0.05, 0) is 6.42 Å². The molecule has 0 spiro atoms. The first-order chi connectivity index (χ1) is 5.36. The average Bonchev–Trinajstić information content (AvgIpc) is 2.48. The third-order valence-corrected chi connectivity index (χ3v) is 1.54. The van der Waals surface area contributed by atoms with Gasteiger partial charge in [-0.25, -0.2) is 0 Å². The Morgan fingerprint density at radius 1 is 1.73 bits per heavy atom. The van der Waals surface area contributed by atoms with Gasteiger partial charge >= 0.3 is 0 Å². The van der Waals surface area contributed by atoms with Crippen LogP contribution in [0, 0.1) is 12.3 Å². The number of nitrogens with zero attached hydrogens (tertiary/aromatic N) is 2. The van der Waals surface area contributed by atoms with Crippen molar-refractivity contribution in [3.05, 3.63) is 18.0 Å². The third-order valence-electron chi connectivity index (χ3n) is 1.54. The highest BCUT2D eigenvalue weighted by Gasteiger charge is 1.92. The zero-order chi connectivity index (χ0) is 8.10. The van der Waals surface area contributed by atoms with Gasteiger partial charge in [0.15, 0.2) is 0 Å². The van der Waals surface area contributed by atoms with Crippen molar-refractivity contribution in [2.24, 2.45) is 0 Å². The number of aryl methyl sites for hydroxylation is 1. The van der Waals surface area contributed by atoms with Crippen LogP contribution < -0.4 is 0 Å². The van der Waals surface area contributed by atoms with E-state index >= 15 is 0 Å². The Hall–Kier alpha value is -1.23. The minimum Gasteiger partial charge on any atom is -0.271 e. The summed E-state index contributed by atoms with van der Waals surface area (Å²) in [6, 6.07) is 0. The quantitative estimate of drug-likeness (QED) is 0.596. The summed E-state index contributed by atoms with van der Waals surface area (Å²) in [7, 11) is 0. The molecule has 11 heavy (non-hydrogen) atoms. The lowest BCUT2D eigenvalue weighted by atomic mass is 10.3. The Balaban J connectivity index is 2.53. The maximum Gasteiger partial charge on any atom is 0.0646 e. The Kier molecular flexibility index (Phi) is 2.74. The van der Waals surface area contributed by atoms with Crippen molar-refractivity contribution in [2.75, 3.05) is 0 Å². The van der Waals surface area contributed by atoms with E-state index in [1.807, 2.05) is 10.9 Å². The van der Waals surface area contributed by atoms with Gasteiger partial charge in [0.1, 0.15) is 0 Å². The number of hydrogen-bond acceptors (Lipinski definition) is 1. The van der Waals surface area contributed by atoms with Gasteiger partial charge in [-0.15, -0.1) is 6.42 Å². The minimum absolute atomic E-state index is 0.862. The minimum atomic E-state index is 0.862. The van der Waals surface area contributed by atoms with E-state index in [1.165, 1.54) is 6.42 Å². The summed E-state index contributed by atoms with van der Waals surface area (Å²) in [6.45, 7) is 3.13. The van der Waals surface area contributed by atoms with Crippen molar-refractivity contribution >= 4 is 0 Å². The van der Waals surface area contributed by atoms with Crippen LogP contribution in [-0.4, -0.2) is 9.78 Å². The van der Waals surface area contributed by atoms with Crippen LogP contribution in [0.15, 0.2) is 12.4 Å². The Morgan fingerprint density at radius 2 is 2.55 bits per heavy atom. The van der Waals surface area contributed by atoms with E-state index in [1.54, 1.807) is 6.20 Å². The molecule has 1 rings (SSSR count). The van der Waals surface area contributed by atoms with E-state index < -0.39 is 0 Å². The van der Waals surface area contributed by atoms with Crippen LogP contribution in [0.5, 0.6) is 0 Å². The molecular formula is C9H12N2. The lowest BCUT2D eigenvalue weighted by Crippen LogP contribution is -1.96. The van der Waals surface area contributed by atoms with Crippen LogP contribution in [0.1, 0.15) is 25.3 Å². The average molecular weight is 148 g/mol. The van der Waals surface area contributed by atoms with Gasteiger partial charge in [0.25, 0.3) is 0 Å². The summed E-state index contributed by atoms with van der Waals surface area (Å²) < 4.78 is 1.89. The molecule has 2 nitrogen and oxygen atoms in total. The maximum absolute atomic E-state index is 5.19. The van der Waals surface area contributed by atoms with Crippen molar-refractivity contribution in [1.82, 2.24) is 9.78 Å². The SMILES string of the molecule is C#Cc1cnn(CCCC)c1. The summed E-state index contributed by atoms with van der Waals surface area (Å²) in [6.07, 6.45) is 11.1. The van der Waals surface area contributed by atoms with Crippen molar-refractivity contribution in [2.45, 2.75) is 26.3 Å². The molecule has 0 aliphatic heterocycles. The first kappa shape index (κ1) is 7.87. The van der Waals surface area contributed by atoms with Gasteiger partial charge in [0.2, 0.25) is 0 Å². The molecule has 0 unspecified atom stereocenters. The molecule has 0 aliphatic rings. The van der Waals surface area contributed by atoms with Gasteiger partial charge in [0, 0.05) is 12.7 Å². The lowest BCUT2D eigenvalue weighted by molar-refractivity contribution is 0.572. The van der Waals surface area contributed by atoms with Crippen LogP contribution in [0.2, 0.25) is 0 Å². The van der Waals surface area contributed by atoms with Crippen molar-refractivity contribution in [3.63, 3.8) is 0 Å². The predicted octanol–water partition coefficient (Wildman–Crippen LogP) is 1.66. The first-order valence-corrected chi connectivity index (χ1v) is 3.86. The van der Waals surface area contributed by atoms with Gasteiger partial charge < -0.3 is 0 Å². The van der Waals surface area contributed by atoms with Crippen LogP contribution in [0.3, 0.4) is 0 Å². The molecule has 1 aromatic heterocycles. The molecule has 0 radical (unpaired) electrons. The third kappa shape index (κ3) is 2.12. The molecule has 0 bridgehead atoms. The summed E-state index contributed by atoms with van der Waals surface area (Å²) in [4.78, 5) is 0. The molecule has 0 saturated carbocycles. The second-order valence-corrected chi connectivity index (χ2v) is 2.49. The first-order valence-electron chi connectivity index (χ1n) is 3.86. The number of aromatic nitrogens is 2. The molecule has 1 heterocycles. The summed E-state index contributed by atoms with van der Waals surface area (Å²) >= 11 is 0. The second-order valence-electron chi connectivity index (χ2n) is 2.49. The van der Waals surface area contributed by atoms with Crippen LogP contribution in [-0.2, 0) is 6.54 Å². The van der Waals surface area contributed by atoms with Crippen LogP contribution >= 0.6 is 0 Å². The molecule has 0 saturated heterocycles. The highest BCUT2D eigenvalue weighted by molar-refractivity contribution is 5.25. The van der Waals surface area contributed by atoms with Gasteiger partial charge in [-0.3, -0.25) is 4.68 Å². The molecule has 58 valence electrons. The molecule has 0 amide bonds. The van der Waals surface area contributed by atoms with Crippen LogP contribution in [0.25, 0.3) is 0 Å². The lowest BCUT2D eigenvalue weighted by Gasteiger charge is -1.96. The number of terminal acetylenes is 1. The molecule has 0 fully saturated rings. The summed E-state index contributed by atoms with van der Waals surface area (Å²) in [5.41, 5.74) is 0.862. The number of unbranched alkanes of at least 4 members (excludes halogenated alkanes) is 1. The Morgan fingerprint density at radius 3 is 3.09 bits per heavy atom. The monoisotopic (exact) mass is 148 g/mol. The molecule has 0 N–H and O–H groups in total. The Bertz CT molecular complexity index is 255. The molecule has 0 atom stereocenters. The number of rotatable bonds is 3. The highest BCUT2D eigenvalue weighted by atomic mass is 15.3. The maximum atomic E-state index is 5.19. The van der Waals surface area contributed by atoms with Gasteiger partial charge in [-0.1, -0.05) is 19.3 Å². The molecule has 1 aromatic rings. The van der Waals surface area contributed by atoms with E-state index in [0.29, 0.717) is 0 Å². The topological polar surface area (TPSA) is 17.8 Å². The molecule has 0 aromatic carbocycles.